The van der Waals surface area contributed by atoms with E-state index in [1.807, 2.05) is 26.8 Å². The van der Waals surface area contributed by atoms with Gasteiger partial charge < -0.3 is 14.2 Å². The number of Topliss-reactive ketones (excluding diaryl/α,β-unsaturated/α-hetero) is 1. The molecule has 0 saturated heterocycles. The highest BCUT2D eigenvalue weighted by molar-refractivity contribution is 6.06. The van der Waals surface area contributed by atoms with E-state index in [2.05, 4.69) is 0 Å². The average molecular weight is 384 g/mol. The molecule has 28 heavy (non-hydrogen) atoms. The zero-order chi connectivity index (χ0) is 21.2. The third kappa shape index (κ3) is 4.01. The van der Waals surface area contributed by atoms with Gasteiger partial charge in [-0.05, 0) is 52.3 Å². The van der Waals surface area contributed by atoms with Crippen molar-refractivity contribution in [1.82, 2.24) is 9.47 Å². The van der Waals surface area contributed by atoms with Crippen LogP contribution in [0, 0.1) is 13.8 Å². The summed E-state index contributed by atoms with van der Waals surface area (Å²) in [6.07, 6.45) is 0. The lowest BCUT2D eigenvalue weighted by atomic mass is 10.00. The van der Waals surface area contributed by atoms with Crippen molar-refractivity contribution in [1.29, 1.82) is 0 Å². The Morgan fingerprint density at radius 3 is 2.14 bits per heavy atom. The van der Waals surface area contributed by atoms with Gasteiger partial charge in [0.2, 0.25) is 0 Å². The van der Waals surface area contributed by atoms with Crippen molar-refractivity contribution in [3.63, 3.8) is 0 Å². The van der Waals surface area contributed by atoms with E-state index in [9.17, 15) is 14.4 Å². The number of esters is 1. The molecule has 0 bridgehead atoms. The van der Waals surface area contributed by atoms with Crippen molar-refractivity contribution in [2.75, 3.05) is 13.7 Å². The van der Waals surface area contributed by atoms with Crippen LogP contribution in [0.25, 0.3) is 0 Å². The summed E-state index contributed by atoms with van der Waals surface area (Å²) in [7, 11) is 3.04. The average Bonchev–Trinajstić information content (AvgIpc) is 2.87. The van der Waals surface area contributed by atoms with Crippen LogP contribution < -0.4 is 0 Å². The normalized spacial score (nSPS) is 11.2. The fraction of sp³-hybridized carbons (Fsp3) is 0.409. The van der Waals surface area contributed by atoms with Crippen molar-refractivity contribution in [2.24, 2.45) is 7.05 Å². The van der Waals surface area contributed by atoms with Gasteiger partial charge in [-0.2, -0.15) is 0 Å². The van der Waals surface area contributed by atoms with Crippen LogP contribution >= 0.6 is 0 Å². The molecule has 6 nitrogen and oxygen atoms in total. The van der Waals surface area contributed by atoms with E-state index >= 15 is 0 Å². The number of ether oxygens (including phenoxy) is 1. The van der Waals surface area contributed by atoms with E-state index < -0.39 is 11.5 Å². The van der Waals surface area contributed by atoms with Crippen molar-refractivity contribution in [2.45, 2.75) is 40.2 Å². The lowest BCUT2D eigenvalue weighted by Crippen LogP contribution is -2.48. The SMILES string of the molecule is COC(=O)c1c(C)c(C(=O)CN(C(=O)c2ccccc2)C(C)(C)C)c(C)n1C. The van der Waals surface area contributed by atoms with Crippen LogP contribution in [-0.4, -0.2) is 46.3 Å². The summed E-state index contributed by atoms with van der Waals surface area (Å²) in [5, 5.41) is 0. The van der Waals surface area contributed by atoms with Gasteiger partial charge in [-0.1, -0.05) is 18.2 Å². The number of aromatic nitrogens is 1. The van der Waals surface area contributed by atoms with Crippen LogP contribution in [0.4, 0.5) is 0 Å². The number of ketones is 1. The highest BCUT2D eigenvalue weighted by atomic mass is 16.5. The molecule has 0 aliphatic heterocycles. The van der Waals surface area contributed by atoms with Gasteiger partial charge in [-0.25, -0.2) is 4.79 Å². The van der Waals surface area contributed by atoms with Gasteiger partial charge >= 0.3 is 5.97 Å². The number of benzene rings is 1. The quantitative estimate of drug-likeness (QED) is 0.584. The van der Waals surface area contributed by atoms with E-state index in [4.69, 9.17) is 4.74 Å². The molecule has 0 saturated carbocycles. The highest BCUT2D eigenvalue weighted by Crippen LogP contribution is 2.25. The van der Waals surface area contributed by atoms with E-state index in [1.165, 1.54) is 7.11 Å². The molecule has 0 N–H and O–H groups in total. The van der Waals surface area contributed by atoms with Crippen molar-refractivity contribution in [3.8, 4) is 0 Å². The zero-order valence-corrected chi connectivity index (χ0v) is 17.6. The Kier molecular flexibility index (Phi) is 6.12. The summed E-state index contributed by atoms with van der Waals surface area (Å²) in [5.74, 6) is -0.906. The zero-order valence-electron chi connectivity index (χ0n) is 17.6. The molecule has 1 aromatic carbocycles. The summed E-state index contributed by atoms with van der Waals surface area (Å²) in [6.45, 7) is 9.12. The molecule has 1 heterocycles. The van der Waals surface area contributed by atoms with Crippen molar-refractivity contribution in [3.05, 3.63) is 58.4 Å². The minimum Gasteiger partial charge on any atom is -0.464 e. The maximum absolute atomic E-state index is 13.2. The minimum absolute atomic E-state index is 0.0798. The first-order valence-corrected chi connectivity index (χ1v) is 9.15. The fourth-order valence-corrected chi connectivity index (χ4v) is 3.35. The first-order valence-electron chi connectivity index (χ1n) is 9.15. The fourth-order valence-electron chi connectivity index (χ4n) is 3.35. The third-order valence-electron chi connectivity index (χ3n) is 4.97. The molecule has 0 aliphatic rings. The molecule has 0 fully saturated rings. The standard InChI is InChI=1S/C22H28N2O4/c1-14-18(15(2)23(6)19(14)21(27)28-7)17(25)13-24(22(3,4)5)20(26)16-11-9-8-10-12-16/h8-12H,13H2,1-7H3. The van der Waals surface area contributed by atoms with Crippen LogP contribution in [0.2, 0.25) is 0 Å². The number of hydrogen-bond acceptors (Lipinski definition) is 4. The monoisotopic (exact) mass is 384 g/mol. The topological polar surface area (TPSA) is 68.6 Å². The second-order valence-corrected chi connectivity index (χ2v) is 7.84. The molecule has 150 valence electrons. The first kappa shape index (κ1) is 21.4. The van der Waals surface area contributed by atoms with Gasteiger partial charge in [-0.15, -0.1) is 0 Å². The number of carbonyl (C=O) groups excluding carboxylic acids is 3. The van der Waals surface area contributed by atoms with Gasteiger partial charge in [0.25, 0.3) is 5.91 Å². The second kappa shape index (κ2) is 8.00. The maximum atomic E-state index is 13.2. The van der Waals surface area contributed by atoms with Crippen LogP contribution in [0.3, 0.4) is 0 Å². The van der Waals surface area contributed by atoms with Crippen LogP contribution in [0.1, 0.15) is 63.2 Å². The Balaban J connectivity index is 2.43. The predicted molar refractivity (Wildman–Crippen MR) is 108 cm³/mol. The maximum Gasteiger partial charge on any atom is 0.354 e. The van der Waals surface area contributed by atoms with Crippen LogP contribution in [0.15, 0.2) is 30.3 Å². The number of rotatable bonds is 5. The predicted octanol–water partition coefficient (Wildman–Crippen LogP) is 3.55. The smallest absolute Gasteiger partial charge is 0.354 e. The largest absolute Gasteiger partial charge is 0.464 e. The lowest BCUT2D eigenvalue weighted by molar-refractivity contribution is 0.0546. The molecule has 0 atom stereocenters. The van der Waals surface area contributed by atoms with Gasteiger partial charge in [0.1, 0.15) is 5.69 Å². The second-order valence-electron chi connectivity index (χ2n) is 7.84. The number of carbonyl (C=O) groups is 3. The molecule has 2 rings (SSSR count). The Bertz CT molecular complexity index is 905. The lowest BCUT2D eigenvalue weighted by Gasteiger charge is -2.35. The summed E-state index contributed by atoms with van der Waals surface area (Å²) in [4.78, 5) is 39.9. The number of hydrogen-bond donors (Lipinski definition) is 0. The number of methoxy groups -OCH3 is 1. The van der Waals surface area contributed by atoms with Gasteiger partial charge in [-0.3, -0.25) is 9.59 Å². The molecule has 0 radical (unpaired) electrons. The first-order chi connectivity index (χ1) is 13.0. The third-order valence-corrected chi connectivity index (χ3v) is 4.97. The summed E-state index contributed by atoms with van der Waals surface area (Å²) in [6, 6.07) is 8.91. The summed E-state index contributed by atoms with van der Waals surface area (Å²) >= 11 is 0. The van der Waals surface area contributed by atoms with Gasteiger partial charge in [0.05, 0.1) is 13.7 Å². The molecular formula is C22H28N2O4. The molecule has 1 amide bonds. The minimum atomic E-state index is -0.551. The molecule has 6 heteroatoms. The molecule has 0 spiro atoms. The van der Waals surface area contributed by atoms with Crippen LogP contribution in [-0.2, 0) is 11.8 Å². The Hall–Kier alpha value is -2.89. The molecule has 2 aromatic rings. The van der Waals surface area contributed by atoms with E-state index in [-0.39, 0.29) is 18.2 Å². The number of amides is 1. The summed E-state index contributed by atoms with van der Waals surface area (Å²) in [5.41, 5.74) is 2.02. The molecule has 0 aliphatic carbocycles. The van der Waals surface area contributed by atoms with Crippen molar-refractivity contribution < 1.29 is 19.1 Å². The molecular weight excluding hydrogens is 356 g/mol. The van der Waals surface area contributed by atoms with E-state index in [1.54, 1.807) is 54.6 Å². The van der Waals surface area contributed by atoms with Gasteiger partial charge in [0, 0.05) is 29.4 Å². The molecule has 1 aromatic heterocycles. The van der Waals surface area contributed by atoms with Crippen LogP contribution in [0.5, 0.6) is 0 Å². The molecule has 0 unspecified atom stereocenters. The number of nitrogens with zero attached hydrogens (tertiary/aromatic N) is 2. The Morgan fingerprint density at radius 1 is 1.07 bits per heavy atom. The Labute approximate surface area is 166 Å². The van der Waals surface area contributed by atoms with E-state index in [0.717, 1.165) is 0 Å². The van der Waals surface area contributed by atoms with E-state index in [0.29, 0.717) is 28.1 Å². The van der Waals surface area contributed by atoms with Gasteiger partial charge in [0.15, 0.2) is 5.78 Å². The van der Waals surface area contributed by atoms with Crippen molar-refractivity contribution >= 4 is 17.7 Å². The highest BCUT2D eigenvalue weighted by Gasteiger charge is 2.32. The Morgan fingerprint density at radius 2 is 1.64 bits per heavy atom. The summed E-state index contributed by atoms with van der Waals surface area (Å²) < 4.78 is 6.50.